The number of aryl methyl sites for hydroxylation is 1. The second-order valence-electron chi connectivity index (χ2n) is 6.15. The van der Waals surface area contributed by atoms with Gasteiger partial charge >= 0.3 is 0 Å². The smallest absolute Gasteiger partial charge is 0.191 e. The van der Waals surface area contributed by atoms with E-state index in [1.165, 1.54) is 16.8 Å². The molecule has 1 aliphatic rings. The van der Waals surface area contributed by atoms with Gasteiger partial charge in [-0.1, -0.05) is 0 Å². The van der Waals surface area contributed by atoms with Crippen LogP contribution >= 0.6 is 0 Å². The SMILES string of the molecule is N#Cc1c(CCCN=C(N)N2CCOCC2)nn(-c2ccc(F)cc2)c1N. The van der Waals surface area contributed by atoms with Crippen LogP contribution in [0.5, 0.6) is 0 Å². The Hall–Kier alpha value is -3.12. The van der Waals surface area contributed by atoms with Crippen molar-refractivity contribution < 1.29 is 9.13 Å². The van der Waals surface area contributed by atoms with Crippen molar-refractivity contribution in [1.29, 1.82) is 5.26 Å². The highest BCUT2D eigenvalue weighted by atomic mass is 19.1. The van der Waals surface area contributed by atoms with E-state index in [0.717, 1.165) is 13.1 Å². The number of benzene rings is 1. The van der Waals surface area contributed by atoms with Crippen LogP contribution in [-0.2, 0) is 11.2 Å². The summed E-state index contributed by atoms with van der Waals surface area (Å²) in [5, 5.41) is 13.8. The van der Waals surface area contributed by atoms with Crippen LogP contribution in [0, 0.1) is 17.1 Å². The Bertz CT molecular complexity index is 848. The number of aromatic nitrogens is 2. The van der Waals surface area contributed by atoms with Gasteiger partial charge in [-0.3, -0.25) is 4.99 Å². The Labute approximate surface area is 156 Å². The number of hydrogen-bond donors (Lipinski definition) is 2. The summed E-state index contributed by atoms with van der Waals surface area (Å²) in [5.41, 5.74) is 13.6. The van der Waals surface area contributed by atoms with Gasteiger partial charge in [0.25, 0.3) is 0 Å². The number of aliphatic imine (C=N–C) groups is 1. The van der Waals surface area contributed by atoms with Crippen LogP contribution in [0.25, 0.3) is 5.69 Å². The lowest BCUT2D eigenvalue weighted by molar-refractivity contribution is 0.0674. The van der Waals surface area contributed by atoms with E-state index in [2.05, 4.69) is 16.2 Å². The Morgan fingerprint density at radius 2 is 2.00 bits per heavy atom. The van der Waals surface area contributed by atoms with Crippen LogP contribution in [0.2, 0.25) is 0 Å². The van der Waals surface area contributed by atoms with Gasteiger partial charge in [-0.15, -0.1) is 0 Å². The highest BCUT2D eigenvalue weighted by Crippen LogP contribution is 2.21. The number of halogens is 1. The summed E-state index contributed by atoms with van der Waals surface area (Å²) in [4.78, 5) is 6.38. The predicted molar refractivity (Wildman–Crippen MR) is 99.9 cm³/mol. The Kier molecular flexibility index (Phi) is 5.88. The van der Waals surface area contributed by atoms with E-state index >= 15 is 0 Å². The molecular weight excluding hydrogens is 349 g/mol. The molecule has 0 saturated carbocycles. The first-order chi connectivity index (χ1) is 13.1. The van der Waals surface area contributed by atoms with Crippen molar-refractivity contribution in [3.8, 4) is 11.8 Å². The van der Waals surface area contributed by atoms with E-state index in [9.17, 15) is 9.65 Å². The quantitative estimate of drug-likeness (QED) is 0.461. The molecule has 0 amide bonds. The zero-order chi connectivity index (χ0) is 19.2. The summed E-state index contributed by atoms with van der Waals surface area (Å²) in [7, 11) is 0. The van der Waals surface area contributed by atoms with Crippen LogP contribution in [0.4, 0.5) is 10.2 Å². The van der Waals surface area contributed by atoms with E-state index in [0.29, 0.717) is 55.5 Å². The lowest BCUT2D eigenvalue weighted by Crippen LogP contribution is -2.44. The monoisotopic (exact) mass is 371 g/mol. The minimum atomic E-state index is -0.346. The summed E-state index contributed by atoms with van der Waals surface area (Å²) >= 11 is 0. The molecule has 1 aliphatic heterocycles. The number of ether oxygens (including phenoxy) is 1. The molecule has 8 nitrogen and oxygen atoms in total. The van der Waals surface area contributed by atoms with E-state index in [-0.39, 0.29) is 11.6 Å². The first kappa shape index (κ1) is 18.7. The van der Waals surface area contributed by atoms with Crippen molar-refractivity contribution in [2.75, 3.05) is 38.6 Å². The Morgan fingerprint density at radius 3 is 2.67 bits per heavy atom. The third-order valence-electron chi connectivity index (χ3n) is 4.36. The first-order valence-corrected chi connectivity index (χ1v) is 8.76. The maximum absolute atomic E-state index is 13.1. The zero-order valence-corrected chi connectivity index (χ0v) is 14.9. The van der Waals surface area contributed by atoms with Crippen LogP contribution in [0.15, 0.2) is 29.3 Å². The molecule has 2 heterocycles. The fraction of sp³-hybridized carbons (Fsp3) is 0.389. The summed E-state index contributed by atoms with van der Waals surface area (Å²) in [6.45, 7) is 3.32. The maximum atomic E-state index is 13.1. The third kappa shape index (κ3) is 4.35. The molecule has 0 atom stereocenters. The minimum Gasteiger partial charge on any atom is -0.382 e. The van der Waals surface area contributed by atoms with Crippen molar-refractivity contribution in [3.05, 3.63) is 41.3 Å². The average molecular weight is 371 g/mol. The maximum Gasteiger partial charge on any atom is 0.191 e. The number of nitriles is 1. The molecule has 1 saturated heterocycles. The molecule has 9 heteroatoms. The fourth-order valence-corrected chi connectivity index (χ4v) is 2.89. The van der Waals surface area contributed by atoms with Gasteiger partial charge in [-0.2, -0.15) is 10.4 Å². The number of nitrogens with two attached hydrogens (primary N) is 2. The average Bonchev–Trinajstić information content (AvgIpc) is 3.01. The number of anilines is 1. The Balaban J connectivity index is 1.65. The molecule has 27 heavy (non-hydrogen) atoms. The molecule has 0 aliphatic carbocycles. The Morgan fingerprint density at radius 1 is 1.30 bits per heavy atom. The molecule has 4 N–H and O–H groups in total. The van der Waals surface area contributed by atoms with E-state index in [1.54, 1.807) is 12.1 Å². The lowest BCUT2D eigenvalue weighted by atomic mass is 10.1. The molecule has 1 aromatic heterocycles. The number of nitrogen functional groups attached to an aromatic ring is 1. The van der Waals surface area contributed by atoms with Gasteiger partial charge in [0.15, 0.2) is 5.96 Å². The van der Waals surface area contributed by atoms with Gasteiger partial charge in [-0.25, -0.2) is 9.07 Å². The lowest BCUT2D eigenvalue weighted by Gasteiger charge is -2.27. The summed E-state index contributed by atoms with van der Waals surface area (Å²) in [5.74, 6) is 0.409. The fourth-order valence-electron chi connectivity index (χ4n) is 2.89. The molecule has 1 aromatic carbocycles. The molecule has 142 valence electrons. The predicted octanol–water partition coefficient (Wildman–Crippen LogP) is 1.04. The van der Waals surface area contributed by atoms with Crippen molar-refractivity contribution in [2.45, 2.75) is 12.8 Å². The van der Waals surface area contributed by atoms with E-state index < -0.39 is 0 Å². The van der Waals surface area contributed by atoms with Gasteiger partial charge < -0.3 is 21.1 Å². The summed E-state index contributed by atoms with van der Waals surface area (Å²) in [6, 6.07) is 7.88. The van der Waals surface area contributed by atoms with Gasteiger partial charge in [0.1, 0.15) is 23.3 Å². The summed E-state index contributed by atoms with van der Waals surface area (Å²) in [6.07, 6.45) is 1.22. The minimum absolute atomic E-state index is 0.246. The second-order valence-corrected chi connectivity index (χ2v) is 6.15. The van der Waals surface area contributed by atoms with Gasteiger partial charge in [0.05, 0.1) is 24.6 Å². The number of hydrogen-bond acceptors (Lipinski definition) is 5. The number of guanidine groups is 1. The topological polar surface area (TPSA) is 118 Å². The van der Waals surface area contributed by atoms with E-state index in [4.69, 9.17) is 16.2 Å². The number of nitrogens with zero attached hydrogens (tertiary/aromatic N) is 5. The standard InChI is InChI=1S/C18H22FN7O/c19-13-3-5-14(6-4-13)26-17(21)15(12-20)16(24-26)2-1-7-23-18(22)25-8-10-27-11-9-25/h3-6H,1-2,7-11,21H2,(H2,22,23). The number of rotatable bonds is 5. The molecule has 3 rings (SSSR count). The normalized spacial score (nSPS) is 15.0. The molecule has 2 aromatic rings. The largest absolute Gasteiger partial charge is 0.382 e. The van der Waals surface area contributed by atoms with Crippen LogP contribution in [0.3, 0.4) is 0 Å². The van der Waals surface area contributed by atoms with Crippen LogP contribution in [-0.4, -0.2) is 53.5 Å². The van der Waals surface area contributed by atoms with Crippen molar-refractivity contribution in [3.63, 3.8) is 0 Å². The van der Waals surface area contributed by atoms with Gasteiger partial charge in [0.2, 0.25) is 0 Å². The third-order valence-corrected chi connectivity index (χ3v) is 4.36. The molecular formula is C18H22FN7O. The second kappa shape index (κ2) is 8.51. The van der Waals surface area contributed by atoms with Crippen molar-refractivity contribution in [1.82, 2.24) is 14.7 Å². The molecule has 0 bridgehead atoms. The molecule has 0 unspecified atom stereocenters. The van der Waals surface area contributed by atoms with Crippen molar-refractivity contribution in [2.24, 2.45) is 10.7 Å². The molecule has 0 radical (unpaired) electrons. The van der Waals surface area contributed by atoms with Crippen LogP contribution in [0.1, 0.15) is 17.7 Å². The van der Waals surface area contributed by atoms with Crippen molar-refractivity contribution >= 4 is 11.8 Å². The molecule has 1 fully saturated rings. The summed E-state index contributed by atoms with van der Waals surface area (Å²) < 4.78 is 19.9. The van der Waals surface area contributed by atoms with Gasteiger partial charge in [-0.05, 0) is 37.1 Å². The van der Waals surface area contributed by atoms with Gasteiger partial charge in [0, 0.05) is 19.6 Å². The zero-order valence-electron chi connectivity index (χ0n) is 14.9. The first-order valence-electron chi connectivity index (χ1n) is 8.76. The number of morpholine rings is 1. The van der Waals surface area contributed by atoms with Crippen LogP contribution < -0.4 is 11.5 Å². The van der Waals surface area contributed by atoms with E-state index in [1.807, 2.05) is 4.90 Å². The molecule has 0 spiro atoms. The highest BCUT2D eigenvalue weighted by molar-refractivity contribution is 5.78. The highest BCUT2D eigenvalue weighted by Gasteiger charge is 2.16.